The molecule has 2 aromatic carbocycles. The number of carbonyl (C=O) groups excluding carboxylic acids is 1. The summed E-state index contributed by atoms with van der Waals surface area (Å²) < 4.78 is 0. The predicted molar refractivity (Wildman–Crippen MR) is 104 cm³/mol. The predicted octanol–water partition coefficient (Wildman–Crippen LogP) is 3.28. The molecule has 1 atom stereocenters. The van der Waals surface area contributed by atoms with E-state index in [0.717, 1.165) is 41.8 Å². The molecule has 0 bridgehead atoms. The first kappa shape index (κ1) is 19.3. The Labute approximate surface area is 155 Å². The molecular formula is C20H25ClN2O2. The van der Waals surface area contributed by atoms with Gasteiger partial charge in [-0.2, -0.15) is 0 Å². The Hall–Kier alpha value is -2.04. The van der Waals surface area contributed by atoms with Crippen molar-refractivity contribution in [1.82, 2.24) is 0 Å². The molecule has 0 fully saturated rings. The lowest BCUT2D eigenvalue weighted by molar-refractivity contribution is -0.119. The number of amides is 1. The molecule has 0 unspecified atom stereocenters. The Morgan fingerprint density at radius 1 is 1.24 bits per heavy atom. The number of hydrogen-bond donors (Lipinski definition) is 2. The number of aromatic hydroxyl groups is 1. The largest absolute Gasteiger partial charge is 0.508 e. The quantitative estimate of drug-likeness (QED) is 0.882. The van der Waals surface area contributed by atoms with Crippen LogP contribution >= 0.6 is 12.4 Å². The molecule has 3 rings (SSSR count). The minimum absolute atomic E-state index is 0. The summed E-state index contributed by atoms with van der Waals surface area (Å²) in [6, 6.07) is 10.9. The van der Waals surface area contributed by atoms with Crippen LogP contribution in [0, 0.1) is 13.8 Å². The number of para-hydroxylation sites is 1. The number of hydrogen-bond acceptors (Lipinski definition) is 3. The summed E-state index contributed by atoms with van der Waals surface area (Å²) in [5.41, 5.74) is 11.4. The lowest BCUT2D eigenvalue weighted by Crippen LogP contribution is -2.47. The zero-order valence-corrected chi connectivity index (χ0v) is 15.5. The maximum Gasteiger partial charge on any atom is 0.244 e. The van der Waals surface area contributed by atoms with Gasteiger partial charge in [0.2, 0.25) is 5.91 Å². The Morgan fingerprint density at radius 3 is 2.56 bits per heavy atom. The zero-order valence-electron chi connectivity index (χ0n) is 14.7. The highest BCUT2D eigenvalue weighted by molar-refractivity contribution is 5.98. The molecule has 1 heterocycles. The maximum atomic E-state index is 12.9. The summed E-state index contributed by atoms with van der Waals surface area (Å²) in [6.07, 6.45) is 2.45. The fraction of sp³-hybridized carbons (Fsp3) is 0.350. The molecule has 0 aliphatic carbocycles. The molecule has 0 saturated carbocycles. The van der Waals surface area contributed by atoms with E-state index < -0.39 is 6.04 Å². The van der Waals surface area contributed by atoms with E-state index in [-0.39, 0.29) is 24.1 Å². The molecule has 1 amide bonds. The van der Waals surface area contributed by atoms with Crippen molar-refractivity contribution < 1.29 is 9.90 Å². The summed E-state index contributed by atoms with van der Waals surface area (Å²) in [5.74, 6) is 0.215. The van der Waals surface area contributed by atoms with Gasteiger partial charge in [0.1, 0.15) is 5.75 Å². The van der Waals surface area contributed by atoms with E-state index in [1.54, 1.807) is 12.1 Å². The fourth-order valence-corrected chi connectivity index (χ4v) is 3.56. The fourth-order valence-electron chi connectivity index (χ4n) is 3.56. The van der Waals surface area contributed by atoms with Gasteiger partial charge < -0.3 is 15.7 Å². The molecule has 0 aromatic heterocycles. The SMILES string of the molecule is Cc1cc(O)cc(C)c1C[C@H](N)C(=O)N1CCCc2ccccc21.Cl. The Kier molecular flexibility index (Phi) is 6.09. The van der Waals surface area contributed by atoms with E-state index in [9.17, 15) is 9.90 Å². The van der Waals surface area contributed by atoms with Gasteiger partial charge in [0.05, 0.1) is 6.04 Å². The molecular weight excluding hydrogens is 336 g/mol. The number of halogens is 1. The van der Waals surface area contributed by atoms with Gasteiger partial charge in [0.15, 0.2) is 0 Å². The maximum absolute atomic E-state index is 12.9. The third-order valence-corrected chi connectivity index (χ3v) is 4.80. The summed E-state index contributed by atoms with van der Waals surface area (Å²) in [4.78, 5) is 14.7. The summed E-state index contributed by atoms with van der Waals surface area (Å²) in [7, 11) is 0. The molecule has 4 nitrogen and oxygen atoms in total. The average Bonchev–Trinajstić information content (AvgIpc) is 2.56. The van der Waals surface area contributed by atoms with Gasteiger partial charge in [-0.3, -0.25) is 4.79 Å². The van der Waals surface area contributed by atoms with Gasteiger partial charge in [0.25, 0.3) is 0 Å². The number of nitrogens with two attached hydrogens (primary N) is 1. The molecule has 0 radical (unpaired) electrons. The van der Waals surface area contributed by atoms with Crippen molar-refractivity contribution in [3.8, 4) is 5.75 Å². The van der Waals surface area contributed by atoms with E-state index in [2.05, 4.69) is 6.07 Å². The number of carbonyl (C=O) groups is 1. The molecule has 1 aliphatic rings. The van der Waals surface area contributed by atoms with Crippen LogP contribution in [-0.4, -0.2) is 23.6 Å². The first-order valence-corrected chi connectivity index (χ1v) is 8.41. The van der Waals surface area contributed by atoms with Gasteiger partial charge in [-0.05, 0) is 73.6 Å². The van der Waals surface area contributed by atoms with E-state index in [1.165, 1.54) is 5.56 Å². The smallest absolute Gasteiger partial charge is 0.244 e. The normalized spacial score (nSPS) is 14.4. The molecule has 3 N–H and O–H groups in total. The topological polar surface area (TPSA) is 66.6 Å². The third-order valence-electron chi connectivity index (χ3n) is 4.80. The van der Waals surface area contributed by atoms with Crippen molar-refractivity contribution in [1.29, 1.82) is 0 Å². The minimum atomic E-state index is -0.585. The molecule has 2 aromatic rings. The standard InChI is InChI=1S/C20H24N2O2.ClH/c1-13-10-16(23)11-14(2)17(13)12-18(21)20(24)22-9-5-7-15-6-3-4-8-19(15)22;/h3-4,6,8,10-11,18,23H,5,7,9,12,21H2,1-2H3;1H/t18-;/m0./s1. The van der Waals surface area contributed by atoms with Crippen LogP contribution in [0.1, 0.15) is 28.7 Å². The second-order valence-electron chi connectivity index (χ2n) is 6.59. The lowest BCUT2D eigenvalue weighted by atomic mass is 9.94. The van der Waals surface area contributed by atoms with Gasteiger partial charge in [-0.15, -0.1) is 12.4 Å². The second kappa shape index (κ2) is 7.89. The number of phenolic OH excluding ortho intramolecular Hbond substituents is 1. The van der Waals surface area contributed by atoms with Crippen LogP contribution in [0.3, 0.4) is 0 Å². The van der Waals surface area contributed by atoms with Crippen LogP contribution in [0.2, 0.25) is 0 Å². The number of nitrogens with zero attached hydrogens (tertiary/aromatic N) is 1. The van der Waals surface area contributed by atoms with Crippen LogP contribution < -0.4 is 10.6 Å². The van der Waals surface area contributed by atoms with Gasteiger partial charge in [-0.25, -0.2) is 0 Å². The van der Waals surface area contributed by atoms with Crippen LogP contribution in [0.5, 0.6) is 5.75 Å². The number of aryl methyl sites for hydroxylation is 3. The average molecular weight is 361 g/mol. The first-order valence-electron chi connectivity index (χ1n) is 8.41. The monoisotopic (exact) mass is 360 g/mol. The van der Waals surface area contributed by atoms with Crippen molar-refractivity contribution in [2.45, 2.75) is 39.2 Å². The highest BCUT2D eigenvalue weighted by atomic mass is 35.5. The third kappa shape index (κ3) is 3.97. The van der Waals surface area contributed by atoms with E-state index in [0.29, 0.717) is 6.42 Å². The van der Waals surface area contributed by atoms with Crippen molar-refractivity contribution >= 4 is 24.0 Å². The highest BCUT2D eigenvalue weighted by Crippen LogP contribution is 2.28. The summed E-state index contributed by atoms with van der Waals surface area (Å²) in [6.45, 7) is 4.60. The van der Waals surface area contributed by atoms with Crippen LogP contribution in [0.25, 0.3) is 0 Å². The molecule has 5 heteroatoms. The van der Waals surface area contributed by atoms with Crippen LogP contribution in [0.4, 0.5) is 5.69 Å². The Bertz CT molecular complexity index is 753. The number of anilines is 1. The Morgan fingerprint density at radius 2 is 1.88 bits per heavy atom. The van der Waals surface area contributed by atoms with Gasteiger partial charge in [0, 0.05) is 12.2 Å². The van der Waals surface area contributed by atoms with Gasteiger partial charge >= 0.3 is 0 Å². The van der Waals surface area contributed by atoms with Gasteiger partial charge in [-0.1, -0.05) is 18.2 Å². The van der Waals surface area contributed by atoms with E-state index >= 15 is 0 Å². The first-order chi connectivity index (χ1) is 11.5. The van der Waals surface area contributed by atoms with Crippen LogP contribution in [-0.2, 0) is 17.6 Å². The second-order valence-corrected chi connectivity index (χ2v) is 6.59. The molecule has 134 valence electrons. The summed E-state index contributed by atoms with van der Waals surface area (Å²) in [5, 5.41) is 9.67. The molecule has 1 aliphatic heterocycles. The minimum Gasteiger partial charge on any atom is -0.508 e. The zero-order chi connectivity index (χ0) is 17.3. The van der Waals surface area contributed by atoms with Crippen molar-refractivity contribution in [3.05, 3.63) is 58.7 Å². The Balaban J connectivity index is 0.00000225. The van der Waals surface area contributed by atoms with Crippen molar-refractivity contribution in [3.63, 3.8) is 0 Å². The number of fused-ring (bicyclic) bond motifs is 1. The number of benzene rings is 2. The van der Waals surface area contributed by atoms with Crippen LogP contribution in [0.15, 0.2) is 36.4 Å². The van der Waals surface area contributed by atoms with Crippen molar-refractivity contribution in [2.75, 3.05) is 11.4 Å². The molecule has 0 saturated heterocycles. The molecule has 0 spiro atoms. The van der Waals surface area contributed by atoms with E-state index in [4.69, 9.17) is 5.73 Å². The summed E-state index contributed by atoms with van der Waals surface area (Å²) >= 11 is 0. The number of phenols is 1. The lowest BCUT2D eigenvalue weighted by Gasteiger charge is -2.31. The molecule has 25 heavy (non-hydrogen) atoms. The number of rotatable bonds is 3. The van der Waals surface area contributed by atoms with E-state index in [1.807, 2.05) is 36.9 Å². The highest BCUT2D eigenvalue weighted by Gasteiger charge is 2.27. The van der Waals surface area contributed by atoms with Crippen molar-refractivity contribution in [2.24, 2.45) is 5.73 Å².